The van der Waals surface area contributed by atoms with Gasteiger partial charge in [0.1, 0.15) is 6.29 Å². The van der Waals surface area contributed by atoms with Crippen molar-refractivity contribution < 1.29 is 19.1 Å². The molecular weight excluding hydrogens is 248 g/mol. The number of ether oxygens (including phenoxy) is 1. The lowest BCUT2D eigenvalue weighted by Crippen LogP contribution is -2.31. The molecule has 2 amide bonds. The maximum atomic E-state index is 11.9. The molecule has 0 fully saturated rings. The number of rotatable bonds is 5. The van der Waals surface area contributed by atoms with Crippen LogP contribution in [0, 0.1) is 0 Å². The first-order chi connectivity index (χ1) is 9.19. The number of allylic oxidation sites excluding steroid dienone is 1. The van der Waals surface area contributed by atoms with Crippen molar-refractivity contribution in [2.75, 3.05) is 13.8 Å². The summed E-state index contributed by atoms with van der Waals surface area (Å²) < 4.78 is 4.65. The Bertz CT molecular complexity index is 497. The van der Waals surface area contributed by atoms with Crippen LogP contribution in [0.2, 0.25) is 0 Å². The van der Waals surface area contributed by atoms with E-state index in [-0.39, 0.29) is 6.73 Å². The highest BCUT2D eigenvalue weighted by molar-refractivity contribution is 5.98. The molecule has 0 heterocycles. The maximum absolute atomic E-state index is 11.9. The normalized spacial score (nSPS) is 9.95. The van der Waals surface area contributed by atoms with Crippen LogP contribution in [0.15, 0.2) is 30.3 Å². The fourth-order valence-electron chi connectivity index (χ4n) is 1.33. The lowest BCUT2D eigenvalue weighted by atomic mass is 10.1. The number of hydrogen-bond acceptors (Lipinski definition) is 4. The molecule has 0 aliphatic carbocycles. The molecular formula is C13H14N2O4. The third kappa shape index (κ3) is 4.63. The van der Waals surface area contributed by atoms with Gasteiger partial charge >= 0.3 is 6.09 Å². The standard InChI is InChI=1S/C13H14N2O4/c1-14-13(18)19-9-15-12(17)11-7-3-2-5-10(11)6-4-8-16/h2-8H,9H2,1H3,(H,14,18)(H,15,17)/b6-4+. The second-order valence-electron chi connectivity index (χ2n) is 3.41. The highest BCUT2D eigenvalue weighted by Crippen LogP contribution is 2.10. The lowest BCUT2D eigenvalue weighted by molar-refractivity contribution is -0.104. The van der Waals surface area contributed by atoms with Gasteiger partial charge in [0.25, 0.3) is 5.91 Å². The molecule has 100 valence electrons. The van der Waals surface area contributed by atoms with Gasteiger partial charge in [0.05, 0.1) is 0 Å². The molecule has 0 saturated carbocycles. The summed E-state index contributed by atoms with van der Waals surface area (Å²) in [5.41, 5.74) is 0.994. The molecule has 0 aliphatic rings. The molecule has 6 heteroatoms. The van der Waals surface area contributed by atoms with Crippen LogP contribution in [0.4, 0.5) is 4.79 Å². The summed E-state index contributed by atoms with van der Waals surface area (Å²) in [4.78, 5) is 32.9. The largest absolute Gasteiger partial charge is 0.428 e. The third-order valence-corrected chi connectivity index (χ3v) is 2.20. The number of hydrogen-bond donors (Lipinski definition) is 2. The van der Waals surface area contributed by atoms with Gasteiger partial charge in [-0.15, -0.1) is 0 Å². The van der Waals surface area contributed by atoms with Crippen molar-refractivity contribution in [2.45, 2.75) is 0 Å². The molecule has 0 saturated heterocycles. The fourth-order valence-corrected chi connectivity index (χ4v) is 1.33. The molecule has 0 aromatic heterocycles. The smallest absolute Gasteiger partial charge is 0.408 e. The number of aldehydes is 1. The van der Waals surface area contributed by atoms with Crippen LogP contribution < -0.4 is 10.6 Å². The van der Waals surface area contributed by atoms with Crippen LogP contribution in [0.5, 0.6) is 0 Å². The van der Waals surface area contributed by atoms with E-state index < -0.39 is 12.0 Å². The van der Waals surface area contributed by atoms with E-state index in [0.717, 1.165) is 0 Å². The Hall–Kier alpha value is -2.63. The topological polar surface area (TPSA) is 84.5 Å². The zero-order valence-electron chi connectivity index (χ0n) is 10.4. The maximum Gasteiger partial charge on any atom is 0.408 e. The van der Waals surface area contributed by atoms with Crippen LogP contribution in [0.25, 0.3) is 6.08 Å². The van der Waals surface area contributed by atoms with E-state index in [1.54, 1.807) is 24.3 Å². The fraction of sp³-hybridized carbons (Fsp3) is 0.154. The molecule has 0 radical (unpaired) electrons. The minimum atomic E-state index is -0.630. The van der Waals surface area contributed by atoms with Crippen molar-refractivity contribution in [2.24, 2.45) is 0 Å². The molecule has 1 aromatic carbocycles. The van der Waals surface area contributed by atoms with Crippen LogP contribution in [-0.4, -0.2) is 32.1 Å². The zero-order valence-corrected chi connectivity index (χ0v) is 10.4. The Labute approximate surface area is 110 Å². The van der Waals surface area contributed by atoms with Crippen molar-refractivity contribution in [3.8, 4) is 0 Å². The van der Waals surface area contributed by atoms with Gasteiger partial charge in [0, 0.05) is 12.6 Å². The number of carbonyl (C=O) groups is 3. The minimum absolute atomic E-state index is 0.232. The van der Waals surface area contributed by atoms with E-state index in [4.69, 9.17) is 0 Å². The van der Waals surface area contributed by atoms with E-state index in [9.17, 15) is 14.4 Å². The molecule has 2 N–H and O–H groups in total. The summed E-state index contributed by atoms with van der Waals surface area (Å²) in [6.45, 7) is -0.232. The second kappa shape index (κ2) is 7.65. The molecule has 1 rings (SSSR count). The minimum Gasteiger partial charge on any atom is -0.428 e. The van der Waals surface area contributed by atoms with Crippen LogP contribution in [0.3, 0.4) is 0 Å². The molecule has 6 nitrogen and oxygen atoms in total. The van der Waals surface area contributed by atoms with E-state index in [2.05, 4.69) is 15.4 Å². The summed E-state index contributed by atoms with van der Waals surface area (Å²) in [7, 11) is 1.42. The first-order valence-corrected chi connectivity index (χ1v) is 5.52. The van der Waals surface area contributed by atoms with Crippen molar-refractivity contribution in [3.63, 3.8) is 0 Å². The molecule has 19 heavy (non-hydrogen) atoms. The second-order valence-corrected chi connectivity index (χ2v) is 3.41. The van der Waals surface area contributed by atoms with E-state index >= 15 is 0 Å². The van der Waals surface area contributed by atoms with Gasteiger partial charge in [-0.25, -0.2) is 4.79 Å². The predicted molar refractivity (Wildman–Crippen MR) is 69.4 cm³/mol. The third-order valence-electron chi connectivity index (χ3n) is 2.20. The Morgan fingerprint density at radius 3 is 2.74 bits per heavy atom. The Morgan fingerprint density at radius 2 is 2.05 bits per heavy atom. The van der Waals surface area contributed by atoms with Crippen molar-refractivity contribution in [1.29, 1.82) is 0 Å². The number of alkyl carbamates (subject to hydrolysis) is 1. The van der Waals surface area contributed by atoms with E-state index in [0.29, 0.717) is 17.4 Å². The highest BCUT2D eigenvalue weighted by atomic mass is 16.6. The Balaban J connectivity index is 2.68. The number of nitrogens with one attached hydrogen (secondary N) is 2. The van der Waals surface area contributed by atoms with Gasteiger partial charge in [-0.1, -0.05) is 24.3 Å². The SMILES string of the molecule is CNC(=O)OCNC(=O)c1ccccc1/C=C/C=O. The van der Waals surface area contributed by atoms with Crippen LogP contribution >= 0.6 is 0 Å². The first kappa shape index (κ1) is 14.4. The molecule has 0 unspecified atom stereocenters. The average Bonchev–Trinajstić information content (AvgIpc) is 2.45. The molecule has 0 spiro atoms. The molecule has 0 atom stereocenters. The lowest BCUT2D eigenvalue weighted by Gasteiger charge is -2.08. The summed E-state index contributed by atoms with van der Waals surface area (Å²) in [6.07, 6.45) is 2.83. The van der Waals surface area contributed by atoms with Gasteiger partial charge < -0.3 is 15.4 Å². The van der Waals surface area contributed by atoms with Gasteiger partial charge in [-0.3, -0.25) is 9.59 Å². The molecule has 0 aliphatic heterocycles. The van der Waals surface area contributed by atoms with Gasteiger partial charge in [-0.2, -0.15) is 0 Å². The van der Waals surface area contributed by atoms with Crippen LogP contribution in [-0.2, 0) is 9.53 Å². The van der Waals surface area contributed by atoms with Gasteiger partial charge in [0.15, 0.2) is 6.73 Å². The Morgan fingerprint density at radius 1 is 1.32 bits per heavy atom. The number of amides is 2. The summed E-state index contributed by atoms with van der Waals surface area (Å²) in [5.74, 6) is -0.393. The van der Waals surface area contributed by atoms with Crippen molar-refractivity contribution in [1.82, 2.24) is 10.6 Å². The Kier molecular flexibility index (Phi) is 5.81. The first-order valence-electron chi connectivity index (χ1n) is 5.52. The van der Waals surface area contributed by atoms with Gasteiger partial charge in [0.2, 0.25) is 0 Å². The highest BCUT2D eigenvalue weighted by Gasteiger charge is 2.09. The van der Waals surface area contributed by atoms with Gasteiger partial charge in [-0.05, 0) is 17.7 Å². The average molecular weight is 262 g/mol. The van der Waals surface area contributed by atoms with E-state index in [1.807, 2.05) is 0 Å². The monoisotopic (exact) mass is 262 g/mol. The van der Waals surface area contributed by atoms with Crippen LogP contribution in [0.1, 0.15) is 15.9 Å². The number of carbonyl (C=O) groups excluding carboxylic acids is 3. The number of benzene rings is 1. The zero-order chi connectivity index (χ0) is 14.1. The molecule has 1 aromatic rings. The molecule has 0 bridgehead atoms. The quantitative estimate of drug-likeness (QED) is 0.470. The summed E-state index contributed by atoms with van der Waals surface area (Å²) in [6, 6.07) is 6.77. The van der Waals surface area contributed by atoms with Crippen molar-refractivity contribution >= 4 is 24.4 Å². The predicted octanol–water partition coefficient (Wildman–Crippen LogP) is 0.942. The summed E-state index contributed by atoms with van der Waals surface area (Å²) in [5, 5.41) is 4.69. The van der Waals surface area contributed by atoms with E-state index in [1.165, 1.54) is 19.2 Å². The summed E-state index contributed by atoms with van der Waals surface area (Å²) >= 11 is 0. The van der Waals surface area contributed by atoms with Crippen molar-refractivity contribution in [3.05, 3.63) is 41.5 Å².